The van der Waals surface area contributed by atoms with Gasteiger partial charge < -0.3 is 9.13 Å². The van der Waals surface area contributed by atoms with Crippen molar-refractivity contribution < 1.29 is 0 Å². The van der Waals surface area contributed by atoms with Crippen LogP contribution in [0.15, 0.2) is 213 Å². The molecule has 0 atom stereocenters. The van der Waals surface area contributed by atoms with Crippen molar-refractivity contribution in [3.05, 3.63) is 213 Å². The lowest BCUT2D eigenvalue weighted by Crippen LogP contribution is -1.98. The molecule has 6 heterocycles. The Morgan fingerprint density at radius 1 is 0.317 bits per heavy atom. The van der Waals surface area contributed by atoms with E-state index < -0.39 is 0 Å². The molecule has 0 unspecified atom stereocenters. The quantitative estimate of drug-likeness (QED) is 0.168. The summed E-state index contributed by atoms with van der Waals surface area (Å²) in [6.45, 7) is 0. The van der Waals surface area contributed by atoms with Gasteiger partial charge in [0.05, 0.1) is 50.5 Å². The molecule has 5 nitrogen and oxygen atoms in total. The summed E-state index contributed by atoms with van der Waals surface area (Å²) in [5, 5.41) is 7.22. The minimum atomic E-state index is 0.928. The minimum Gasteiger partial charge on any atom is -0.309 e. The standard InChI is InChI=1S/C57H35N5S/c1-3-12-36(13-4-1)50-33-41(34-51(60-50)37-14-5-2-6-15-37)62-53-21-10-8-17-43(53)45-30-38(23-26-54(45)62)48-18-11-19-49(59-48)39-22-25-44-42-16-7-9-20-52(42)61(55(44)31-39)40-24-27-56-46(32-40)47-35-58-29-28-57(47)63-56/h1-35H. The fourth-order valence-corrected chi connectivity index (χ4v) is 10.5. The van der Waals surface area contributed by atoms with Gasteiger partial charge in [0.15, 0.2) is 0 Å². The Morgan fingerprint density at radius 3 is 1.62 bits per heavy atom. The van der Waals surface area contributed by atoms with Crippen LogP contribution in [0.3, 0.4) is 0 Å². The van der Waals surface area contributed by atoms with Crippen molar-refractivity contribution in [1.29, 1.82) is 0 Å². The number of fused-ring (bicyclic) bond motifs is 9. The number of para-hydroxylation sites is 2. The highest BCUT2D eigenvalue weighted by Gasteiger charge is 2.18. The molecule has 0 fully saturated rings. The van der Waals surface area contributed by atoms with E-state index in [0.717, 1.165) is 73.0 Å². The van der Waals surface area contributed by atoms with Crippen molar-refractivity contribution in [2.75, 3.05) is 0 Å². The lowest BCUT2D eigenvalue weighted by molar-refractivity contribution is 1.16. The lowest BCUT2D eigenvalue weighted by atomic mass is 10.0. The predicted molar refractivity (Wildman–Crippen MR) is 263 cm³/mol. The summed E-state index contributed by atoms with van der Waals surface area (Å²) in [7, 11) is 0. The van der Waals surface area contributed by atoms with Crippen LogP contribution in [-0.2, 0) is 0 Å². The van der Waals surface area contributed by atoms with Gasteiger partial charge in [0.1, 0.15) is 0 Å². The molecule has 0 aliphatic carbocycles. The molecule has 294 valence electrons. The third-order valence-electron chi connectivity index (χ3n) is 12.4. The molecule has 6 heteroatoms. The molecule has 0 saturated heterocycles. The molecule has 6 aromatic heterocycles. The SMILES string of the molecule is c1ccc(-c2cc(-n3c4ccccc4c4cc(-c5cccc(-c6ccc7c8ccccc8n(-c8ccc9sc%10ccncc%10c9c8)c7c6)n5)ccc43)cc(-c3ccccc3)n2)cc1. The maximum atomic E-state index is 5.36. The van der Waals surface area contributed by atoms with E-state index in [9.17, 15) is 0 Å². The van der Waals surface area contributed by atoms with Crippen molar-refractivity contribution >= 4 is 75.1 Å². The van der Waals surface area contributed by atoms with E-state index in [0.29, 0.717) is 0 Å². The zero-order chi connectivity index (χ0) is 41.4. The lowest BCUT2D eigenvalue weighted by Gasteiger charge is -2.13. The molecular weight excluding hydrogens is 787 g/mol. The Labute approximate surface area is 366 Å². The van der Waals surface area contributed by atoms with Crippen LogP contribution in [0.25, 0.3) is 120 Å². The van der Waals surface area contributed by atoms with Crippen molar-refractivity contribution in [2.45, 2.75) is 0 Å². The summed E-state index contributed by atoms with van der Waals surface area (Å²) in [6.07, 6.45) is 3.86. The summed E-state index contributed by atoms with van der Waals surface area (Å²) in [5.74, 6) is 0. The van der Waals surface area contributed by atoms with Gasteiger partial charge in [-0.25, -0.2) is 9.97 Å². The molecule has 13 rings (SSSR count). The van der Waals surface area contributed by atoms with E-state index in [1.165, 1.54) is 47.2 Å². The van der Waals surface area contributed by atoms with Crippen LogP contribution < -0.4 is 0 Å². The Hall–Kier alpha value is -8.19. The first-order chi connectivity index (χ1) is 31.2. The number of aromatic nitrogens is 5. The van der Waals surface area contributed by atoms with Crippen molar-refractivity contribution in [1.82, 2.24) is 24.1 Å². The molecule has 7 aromatic carbocycles. The van der Waals surface area contributed by atoms with E-state index in [1.807, 2.05) is 35.9 Å². The van der Waals surface area contributed by atoms with E-state index in [2.05, 4.69) is 202 Å². The molecule has 63 heavy (non-hydrogen) atoms. The molecule has 0 aliphatic rings. The van der Waals surface area contributed by atoms with Gasteiger partial charge >= 0.3 is 0 Å². The van der Waals surface area contributed by atoms with Gasteiger partial charge in [0.25, 0.3) is 0 Å². The fraction of sp³-hybridized carbons (Fsp3) is 0. The number of rotatable bonds is 6. The number of benzene rings is 7. The topological polar surface area (TPSA) is 48.5 Å². The van der Waals surface area contributed by atoms with Crippen LogP contribution in [0, 0.1) is 0 Å². The molecule has 0 saturated carbocycles. The highest BCUT2D eigenvalue weighted by molar-refractivity contribution is 7.25. The van der Waals surface area contributed by atoms with Crippen LogP contribution in [0.5, 0.6) is 0 Å². The van der Waals surface area contributed by atoms with Gasteiger partial charge in [0, 0.05) is 82.1 Å². The maximum absolute atomic E-state index is 5.36. The van der Waals surface area contributed by atoms with E-state index in [4.69, 9.17) is 9.97 Å². The average molecular weight is 822 g/mol. The van der Waals surface area contributed by atoms with Crippen LogP contribution in [-0.4, -0.2) is 24.1 Å². The maximum Gasteiger partial charge on any atom is 0.0730 e. The Balaban J connectivity index is 0.937. The predicted octanol–water partition coefficient (Wildman–Crippen LogP) is 15.1. The number of pyridine rings is 3. The normalized spacial score (nSPS) is 11.8. The van der Waals surface area contributed by atoms with Crippen LogP contribution in [0.2, 0.25) is 0 Å². The fourth-order valence-electron chi connectivity index (χ4n) is 9.48. The van der Waals surface area contributed by atoms with Gasteiger partial charge in [-0.15, -0.1) is 11.3 Å². The number of nitrogens with zero attached hydrogens (tertiary/aromatic N) is 5. The summed E-state index contributed by atoms with van der Waals surface area (Å²) >= 11 is 1.81. The molecule has 0 radical (unpaired) electrons. The van der Waals surface area contributed by atoms with Crippen molar-refractivity contribution in [2.24, 2.45) is 0 Å². The molecule has 0 aliphatic heterocycles. The second kappa shape index (κ2) is 14.2. The van der Waals surface area contributed by atoms with Gasteiger partial charge in [-0.3, -0.25) is 4.98 Å². The molecular formula is C57H35N5S. The first-order valence-electron chi connectivity index (χ1n) is 21.2. The third kappa shape index (κ3) is 5.80. The summed E-state index contributed by atoms with van der Waals surface area (Å²) in [5.41, 5.74) is 14.8. The zero-order valence-electron chi connectivity index (χ0n) is 33.9. The summed E-state index contributed by atoms with van der Waals surface area (Å²) in [4.78, 5) is 15.0. The Bertz CT molecular complexity index is 3860. The average Bonchev–Trinajstić information content (AvgIpc) is 4.01. The molecule has 0 spiro atoms. The first-order valence-corrected chi connectivity index (χ1v) is 22.0. The van der Waals surface area contributed by atoms with E-state index in [-0.39, 0.29) is 0 Å². The first kappa shape index (κ1) is 35.6. The molecule has 0 amide bonds. The number of hydrogen-bond acceptors (Lipinski definition) is 4. The molecule has 0 bridgehead atoms. The van der Waals surface area contributed by atoms with Gasteiger partial charge in [-0.05, 0) is 78.9 Å². The smallest absolute Gasteiger partial charge is 0.0730 e. The molecule has 0 N–H and O–H groups in total. The summed E-state index contributed by atoms with van der Waals surface area (Å²) in [6, 6.07) is 71.5. The third-order valence-corrected chi connectivity index (χ3v) is 13.6. The largest absolute Gasteiger partial charge is 0.309 e. The second-order valence-corrected chi connectivity index (χ2v) is 17.1. The molecule has 13 aromatic rings. The monoisotopic (exact) mass is 821 g/mol. The summed E-state index contributed by atoms with van der Waals surface area (Å²) < 4.78 is 7.29. The van der Waals surface area contributed by atoms with E-state index >= 15 is 0 Å². The zero-order valence-corrected chi connectivity index (χ0v) is 34.7. The van der Waals surface area contributed by atoms with Gasteiger partial charge in [-0.2, -0.15) is 0 Å². The van der Waals surface area contributed by atoms with Crippen LogP contribution >= 0.6 is 11.3 Å². The van der Waals surface area contributed by atoms with Gasteiger partial charge in [-0.1, -0.05) is 121 Å². The highest BCUT2D eigenvalue weighted by atomic mass is 32.1. The van der Waals surface area contributed by atoms with Crippen molar-refractivity contribution in [3.63, 3.8) is 0 Å². The van der Waals surface area contributed by atoms with Crippen molar-refractivity contribution in [3.8, 4) is 56.4 Å². The van der Waals surface area contributed by atoms with Crippen LogP contribution in [0.4, 0.5) is 0 Å². The second-order valence-electron chi connectivity index (χ2n) is 16.1. The van der Waals surface area contributed by atoms with Gasteiger partial charge in [0.2, 0.25) is 0 Å². The number of hydrogen-bond donors (Lipinski definition) is 0. The van der Waals surface area contributed by atoms with Crippen LogP contribution in [0.1, 0.15) is 0 Å². The Morgan fingerprint density at radius 2 is 0.889 bits per heavy atom. The Kier molecular flexibility index (Phi) is 8.01. The number of thiophene rings is 1. The highest BCUT2D eigenvalue weighted by Crippen LogP contribution is 2.40. The minimum absolute atomic E-state index is 0.928. The van der Waals surface area contributed by atoms with E-state index in [1.54, 1.807) is 0 Å².